The van der Waals surface area contributed by atoms with Crippen molar-refractivity contribution >= 4 is 11.4 Å². The standard InChI is InChI=1S/C15H26N2O/c1-6-18-15-10-13(7-8-14(15)16)17(5)12(4)9-11(2)3/h7-8,10-12H,6,9,16H2,1-5H3. The molecule has 3 heteroatoms. The molecule has 0 aliphatic rings. The smallest absolute Gasteiger partial charge is 0.144 e. The maximum atomic E-state index is 5.89. The zero-order valence-electron chi connectivity index (χ0n) is 12.2. The Morgan fingerprint density at radius 2 is 1.94 bits per heavy atom. The maximum absolute atomic E-state index is 5.89. The molecule has 0 bridgehead atoms. The molecule has 1 aromatic carbocycles. The summed E-state index contributed by atoms with van der Waals surface area (Å²) >= 11 is 0. The van der Waals surface area contributed by atoms with Crippen molar-refractivity contribution in [2.24, 2.45) is 5.92 Å². The van der Waals surface area contributed by atoms with E-state index in [0.717, 1.165) is 11.4 Å². The van der Waals surface area contributed by atoms with Crippen LogP contribution < -0.4 is 15.4 Å². The van der Waals surface area contributed by atoms with Crippen LogP contribution in [0.3, 0.4) is 0 Å². The molecule has 0 aliphatic heterocycles. The van der Waals surface area contributed by atoms with E-state index >= 15 is 0 Å². The Kier molecular flexibility index (Phi) is 5.32. The SMILES string of the molecule is CCOc1cc(N(C)C(C)CC(C)C)ccc1N. The number of nitrogen functional groups attached to an aromatic ring is 1. The zero-order valence-corrected chi connectivity index (χ0v) is 12.2. The first kappa shape index (κ1) is 14.7. The highest BCUT2D eigenvalue weighted by molar-refractivity contribution is 5.62. The van der Waals surface area contributed by atoms with E-state index in [9.17, 15) is 0 Å². The second-order valence-electron chi connectivity index (χ2n) is 5.24. The van der Waals surface area contributed by atoms with Crippen molar-refractivity contribution in [3.05, 3.63) is 18.2 Å². The third-order valence-corrected chi connectivity index (χ3v) is 3.18. The van der Waals surface area contributed by atoms with E-state index in [4.69, 9.17) is 10.5 Å². The van der Waals surface area contributed by atoms with Crippen molar-refractivity contribution < 1.29 is 4.74 Å². The molecule has 2 N–H and O–H groups in total. The van der Waals surface area contributed by atoms with Gasteiger partial charge in [0.25, 0.3) is 0 Å². The third-order valence-electron chi connectivity index (χ3n) is 3.18. The van der Waals surface area contributed by atoms with Gasteiger partial charge in [0.2, 0.25) is 0 Å². The fourth-order valence-corrected chi connectivity index (χ4v) is 2.12. The van der Waals surface area contributed by atoms with E-state index in [1.807, 2.05) is 19.1 Å². The van der Waals surface area contributed by atoms with Crippen LogP contribution in [-0.4, -0.2) is 19.7 Å². The number of anilines is 2. The van der Waals surface area contributed by atoms with Gasteiger partial charge >= 0.3 is 0 Å². The summed E-state index contributed by atoms with van der Waals surface area (Å²) in [6.07, 6.45) is 1.17. The van der Waals surface area contributed by atoms with E-state index in [1.54, 1.807) is 0 Å². The first-order valence-electron chi connectivity index (χ1n) is 6.70. The highest BCUT2D eigenvalue weighted by Crippen LogP contribution is 2.28. The molecular formula is C15H26N2O. The number of nitrogens with two attached hydrogens (primary N) is 1. The highest BCUT2D eigenvalue weighted by atomic mass is 16.5. The predicted octanol–water partition coefficient (Wildman–Crippen LogP) is 3.54. The molecule has 102 valence electrons. The van der Waals surface area contributed by atoms with Crippen LogP contribution in [0.15, 0.2) is 18.2 Å². The third kappa shape index (κ3) is 3.83. The van der Waals surface area contributed by atoms with Crippen molar-refractivity contribution in [3.63, 3.8) is 0 Å². The number of hydrogen-bond acceptors (Lipinski definition) is 3. The van der Waals surface area contributed by atoms with E-state index in [2.05, 4.69) is 38.8 Å². The lowest BCUT2D eigenvalue weighted by atomic mass is 10.0. The summed E-state index contributed by atoms with van der Waals surface area (Å²) in [5, 5.41) is 0. The second kappa shape index (κ2) is 6.53. The van der Waals surface area contributed by atoms with Gasteiger partial charge in [-0.3, -0.25) is 0 Å². The average Bonchev–Trinajstić information content (AvgIpc) is 2.30. The van der Waals surface area contributed by atoms with E-state index < -0.39 is 0 Å². The number of benzene rings is 1. The van der Waals surface area contributed by atoms with Gasteiger partial charge < -0.3 is 15.4 Å². The lowest BCUT2D eigenvalue weighted by Gasteiger charge is -2.29. The fraction of sp³-hybridized carbons (Fsp3) is 0.600. The molecule has 0 aliphatic carbocycles. The fourth-order valence-electron chi connectivity index (χ4n) is 2.12. The molecule has 0 saturated heterocycles. The predicted molar refractivity (Wildman–Crippen MR) is 79.3 cm³/mol. The lowest BCUT2D eigenvalue weighted by molar-refractivity contribution is 0.342. The number of ether oxygens (including phenoxy) is 1. The molecule has 0 amide bonds. The van der Waals surface area contributed by atoms with Gasteiger partial charge in [-0.25, -0.2) is 0 Å². The molecule has 1 unspecified atom stereocenters. The van der Waals surface area contributed by atoms with Crippen LogP contribution in [0.25, 0.3) is 0 Å². The summed E-state index contributed by atoms with van der Waals surface area (Å²) in [5.74, 6) is 1.47. The van der Waals surface area contributed by atoms with Crippen LogP contribution in [0.1, 0.15) is 34.1 Å². The molecule has 1 atom stereocenters. The van der Waals surface area contributed by atoms with Crippen LogP contribution >= 0.6 is 0 Å². The minimum absolute atomic E-state index is 0.503. The molecule has 0 fully saturated rings. The Morgan fingerprint density at radius 3 is 2.50 bits per heavy atom. The van der Waals surface area contributed by atoms with Crippen LogP contribution in [0.4, 0.5) is 11.4 Å². The molecular weight excluding hydrogens is 224 g/mol. The topological polar surface area (TPSA) is 38.5 Å². The monoisotopic (exact) mass is 250 g/mol. The van der Waals surface area contributed by atoms with Crippen molar-refractivity contribution in [1.82, 2.24) is 0 Å². The summed E-state index contributed by atoms with van der Waals surface area (Å²) in [5.41, 5.74) is 7.74. The average molecular weight is 250 g/mol. The van der Waals surface area contributed by atoms with Gasteiger partial charge in [0, 0.05) is 24.8 Å². The lowest BCUT2D eigenvalue weighted by Crippen LogP contribution is -2.30. The summed E-state index contributed by atoms with van der Waals surface area (Å²) in [6, 6.07) is 6.49. The molecule has 0 heterocycles. The molecule has 0 aromatic heterocycles. The van der Waals surface area contributed by atoms with Crippen molar-refractivity contribution in [2.75, 3.05) is 24.3 Å². The van der Waals surface area contributed by atoms with Gasteiger partial charge in [-0.05, 0) is 38.3 Å². The Balaban J connectivity index is 2.85. The van der Waals surface area contributed by atoms with E-state index in [1.165, 1.54) is 6.42 Å². The van der Waals surface area contributed by atoms with Gasteiger partial charge in [-0.15, -0.1) is 0 Å². The zero-order chi connectivity index (χ0) is 13.7. The van der Waals surface area contributed by atoms with E-state index in [-0.39, 0.29) is 0 Å². The van der Waals surface area contributed by atoms with Crippen LogP contribution in [0.5, 0.6) is 5.75 Å². The first-order valence-corrected chi connectivity index (χ1v) is 6.70. The normalized spacial score (nSPS) is 12.6. The summed E-state index contributed by atoms with van der Waals surface area (Å²) in [4.78, 5) is 2.28. The van der Waals surface area contributed by atoms with E-state index in [0.29, 0.717) is 24.3 Å². The molecule has 0 saturated carbocycles. The largest absolute Gasteiger partial charge is 0.492 e. The van der Waals surface area contributed by atoms with Crippen LogP contribution in [0, 0.1) is 5.92 Å². The summed E-state index contributed by atoms with van der Waals surface area (Å²) < 4.78 is 5.54. The van der Waals surface area contributed by atoms with Crippen LogP contribution in [-0.2, 0) is 0 Å². The highest BCUT2D eigenvalue weighted by Gasteiger charge is 2.13. The number of hydrogen-bond donors (Lipinski definition) is 1. The molecule has 1 aromatic rings. The Labute approximate surface area is 111 Å². The quantitative estimate of drug-likeness (QED) is 0.785. The molecule has 3 nitrogen and oxygen atoms in total. The van der Waals surface area contributed by atoms with Crippen molar-refractivity contribution in [3.8, 4) is 5.75 Å². The molecule has 18 heavy (non-hydrogen) atoms. The Bertz CT molecular complexity index is 377. The molecule has 1 rings (SSSR count). The minimum Gasteiger partial charge on any atom is -0.492 e. The second-order valence-corrected chi connectivity index (χ2v) is 5.24. The number of rotatable bonds is 6. The Hall–Kier alpha value is -1.38. The first-order chi connectivity index (χ1) is 8.45. The molecule has 0 radical (unpaired) electrons. The number of nitrogens with zero attached hydrogens (tertiary/aromatic N) is 1. The van der Waals surface area contributed by atoms with Crippen molar-refractivity contribution in [2.45, 2.75) is 40.2 Å². The molecule has 0 spiro atoms. The summed E-state index contributed by atoms with van der Waals surface area (Å²) in [7, 11) is 2.12. The van der Waals surface area contributed by atoms with Gasteiger partial charge in [0.1, 0.15) is 5.75 Å². The maximum Gasteiger partial charge on any atom is 0.144 e. The minimum atomic E-state index is 0.503. The van der Waals surface area contributed by atoms with Crippen molar-refractivity contribution in [1.29, 1.82) is 0 Å². The van der Waals surface area contributed by atoms with Gasteiger partial charge in [-0.2, -0.15) is 0 Å². The summed E-state index contributed by atoms with van der Waals surface area (Å²) in [6.45, 7) is 9.35. The van der Waals surface area contributed by atoms with Gasteiger partial charge in [-0.1, -0.05) is 13.8 Å². The van der Waals surface area contributed by atoms with Gasteiger partial charge in [0.05, 0.1) is 12.3 Å². The van der Waals surface area contributed by atoms with Crippen LogP contribution in [0.2, 0.25) is 0 Å². The van der Waals surface area contributed by atoms with Gasteiger partial charge in [0.15, 0.2) is 0 Å². The Morgan fingerprint density at radius 1 is 1.28 bits per heavy atom.